The van der Waals surface area contributed by atoms with Crippen molar-refractivity contribution in [1.82, 2.24) is 4.31 Å². The number of nitrogens with zero attached hydrogens (tertiary/aromatic N) is 1. The normalized spacial score (nSPS) is 11.9. The number of nitrogens with two attached hydrogens (primary N) is 1. The molecule has 4 nitrogen and oxygen atoms in total. The van der Waals surface area contributed by atoms with Crippen LogP contribution in [-0.4, -0.2) is 25.0 Å². The molecule has 17 heavy (non-hydrogen) atoms. The summed E-state index contributed by atoms with van der Waals surface area (Å²) < 4.78 is 25.4. The molecule has 96 valence electrons. The van der Waals surface area contributed by atoms with Gasteiger partial charge in [0.1, 0.15) is 0 Å². The predicted molar refractivity (Wildman–Crippen MR) is 71.0 cm³/mol. The van der Waals surface area contributed by atoms with E-state index < -0.39 is 10.0 Å². The van der Waals surface area contributed by atoms with Crippen molar-refractivity contribution in [2.24, 2.45) is 0 Å². The van der Waals surface area contributed by atoms with Crippen LogP contribution in [0.2, 0.25) is 0 Å². The van der Waals surface area contributed by atoms with Crippen molar-refractivity contribution in [3.05, 3.63) is 29.8 Å². The first-order chi connectivity index (χ1) is 8.01. The SMILES string of the molecule is CCCS(=O)(=O)N(CC)Cc1ccccc1N. The van der Waals surface area contributed by atoms with Gasteiger partial charge in [0.15, 0.2) is 0 Å². The number of para-hydroxylation sites is 1. The van der Waals surface area contributed by atoms with Crippen LogP contribution in [0.15, 0.2) is 24.3 Å². The van der Waals surface area contributed by atoms with Gasteiger partial charge in [0.2, 0.25) is 10.0 Å². The Hall–Kier alpha value is -1.07. The number of hydrogen-bond acceptors (Lipinski definition) is 3. The molecule has 0 aliphatic carbocycles. The van der Waals surface area contributed by atoms with Crippen LogP contribution in [-0.2, 0) is 16.6 Å². The molecule has 0 heterocycles. The second-order valence-electron chi connectivity index (χ2n) is 3.94. The Balaban J connectivity index is 2.88. The van der Waals surface area contributed by atoms with E-state index in [4.69, 9.17) is 5.73 Å². The third kappa shape index (κ3) is 3.71. The van der Waals surface area contributed by atoms with E-state index in [1.165, 1.54) is 4.31 Å². The van der Waals surface area contributed by atoms with E-state index in [0.717, 1.165) is 5.56 Å². The topological polar surface area (TPSA) is 63.4 Å². The van der Waals surface area contributed by atoms with Gasteiger partial charge in [-0.1, -0.05) is 32.0 Å². The zero-order chi connectivity index (χ0) is 12.9. The van der Waals surface area contributed by atoms with E-state index in [1.807, 2.05) is 32.0 Å². The summed E-state index contributed by atoms with van der Waals surface area (Å²) >= 11 is 0. The molecule has 1 rings (SSSR count). The maximum atomic E-state index is 12.0. The van der Waals surface area contributed by atoms with Crippen molar-refractivity contribution in [1.29, 1.82) is 0 Å². The molecular formula is C12H20N2O2S. The van der Waals surface area contributed by atoms with E-state index >= 15 is 0 Å². The third-order valence-corrected chi connectivity index (χ3v) is 4.71. The van der Waals surface area contributed by atoms with Crippen LogP contribution < -0.4 is 5.73 Å². The first kappa shape index (κ1) is 14.0. The number of sulfonamides is 1. The monoisotopic (exact) mass is 256 g/mol. The Bertz CT molecular complexity index is 457. The molecule has 0 bridgehead atoms. The molecule has 1 aromatic carbocycles. The van der Waals surface area contributed by atoms with Gasteiger partial charge in [-0.2, -0.15) is 4.31 Å². The highest BCUT2D eigenvalue weighted by atomic mass is 32.2. The van der Waals surface area contributed by atoms with Gasteiger partial charge in [0.05, 0.1) is 5.75 Å². The Morgan fingerprint density at radius 3 is 2.41 bits per heavy atom. The second-order valence-corrected chi connectivity index (χ2v) is 6.03. The van der Waals surface area contributed by atoms with E-state index in [0.29, 0.717) is 25.2 Å². The zero-order valence-electron chi connectivity index (χ0n) is 10.4. The van der Waals surface area contributed by atoms with Gasteiger partial charge in [-0.25, -0.2) is 8.42 Å². The van der Waals surface area contributed by atoms with E-state index in [2.05, 4.69) is 0 Å². The Kier molecular flexibility index (Phi) is 4.96. The average Bonchev–Trinajstić information content (AvgIpc) is 2.27. The number of rotatable bonds is 6. The Morgan fingerprint density at radius 1 is 1.24 bits per heavy atom. The molecule has 2 N–H and O–H groups in total. The van der Waals surface area contributed by atoms with E-state index in [-0.39, 0.29) is 5.75 Å². The molecule has 0 unspecified atom stereocenters. The first-order valence-electron chi connectivity index (χ1n) is 5.82. The van der Waals surface area contributed by atoms with Crippen LogP contribution in [0.3, 0.4) is 0 Å². The number of hydrogen-bond donors (Lipinski definition) is 1. The van der Waals surface area contributed by atoms with Crippen molar-refractivity contribution in [2.75, 3.05) is 18.0 Å². The highest BCUT2D eigenvalue weighted by Gasteiger charge is 2.19. The maximum absolute atomic E-state index is 12.0. The second kappa shape index (κ2) is 6.02. The standard InChI is InChI=1S/C12H20N2O2S/c1-3-9-17(15,16)14(4-2)10-11-7-5-6-8-12(11)13/h5-8H,3-4,9-10,13H2,1-2H3. The van der Waals surface area contributed by atoms with Crippen LogP contribution >= 0.6 is 0 Å². The van der Waals surface area contributed by atoms with Crippen molar-refractivity contribution in [2.45, 2.75) is 26.8 Å². The molecule has 0 radical (unpaired) electrons. The van der Waals surface area contributed by atoms with Crippen LogP contribution in [0, 0.1) is 0 Å². The lowest BCUT2D eigenvalue weighted by atomic mass is 10.2. The van der Waals surface area contributed by atoms with Gasteiger partial charge in [-0.3, -0.25) is 0 Å². The minimum absolute atomic E-state index is 0.188. The van der Waals surface area contributed by atoms with Crippen LogP contribution in [0.4, 0.5) is 5.69 Å². The quantitative estimate of drug-likeness (QED) is 0.790. The minimum atomic E-state index is -3.16. The number of nitrogen functional groups attached to an aromatic ring is 1. The highest BCUT2D eigenvalue weighted by Crippen LogP contribution is 2.16. The molecule has 1 aromatic rings. The summed E-state index contributed by atoms with van der Waals surface area (Å²) in [5.74, 6) is 0.188. The van der Waals surface area contributed by atoms with Crippen LogP contribution in [0.1, 0.15) is 25.8 Å². The first-order valence-corrected chi connectivity index (χ1v) is 7.43. The molecule has 0 atom stereocenters. The lowest BCUT2D eigenvalue weighted by Crippen LogP contribution is -2.32. The molecule has 0 aromatic heterocycles. The molecule has 0 aliphatic heterocycles. The zero-order valence-corrected chi connectivity index (χ0v) is 11.2. The Morgan fingerprint density at radius 2 is 1.88 bits per heavy atom. The lowest BCUT2D eigenvalue weighted by Gasteiger charge is -2.20. The van der Waals surface area contributed by atoms with Gasteiger partial charge < -0.3 is 5.73 Å². The lowest BCUT2D eigenvalue weighted by molar-refractivity contribution is 0.423. The summed E-state index contributed by atoms with van der Waals surface area (Å²) in [5, 5.41) is 0. The Labute approximate surface area is 103 Å². The molecule has 0 fully saturated rings. The molecule has 0 amide bonds. The molecule has 0 aliphatic rings. The smallest absolute Gasteiger partial charge is 0.214 e. The number of benzene rings is 1. The van der Waals surface area contributed by atoms with Crippen molar-refractivity contribution >= 4 is 15.7 Å². The van der Waals surface area contributed by atoms with Gasteiger partial charge in [0.25, 0.3) is 0 Å². The highest BCUT2D eigenvalue weighted by molar-refractivity contribution is 7.89. The van der Waals surface area contributed by atoms with Crippen LogP contribution in [0.25, 0.3) is 0 Å². The number of anilines is 1. The maximum Gasteiger partial charge on any atom is 0.214 e. The van der Waals surface area contributed by atoms with Crippen molar-refractivity contribution < 1.29 is 8.42 Å². The molecule has 0 spiro atoms. The fourth-order valence-corrected chi connectivity index (χ4v) is 3.17. The molecule has 0 saturated carbocycles. The van der Waals surface area contributed by atoms with Crippen molar-refractivity contribution in [3.63, 3.8) is 0 Å². The van der Waals surface area contributed by atoms with Gasteiger partial charge in [0, 0.05) is 18.8 Å². The third-order valence-electron chi connectivity index (χ3n) is 2.61. The van der Waals surface area contributed by atoms with Gasteiger partial charge in [-0.05, 0) is 18.1 Å². The molecule has 0 saturated heterocycles. The summed E-state index contributed by atoms with van der Waals surface area (Å²) in [6.45, 7) is 4.52. The van der Waals surface area contributed by atoms with Crippen molar-refractivity contribution in [3.8, 4) is 0 Å². The fourth-order valence-electron chi connectivity index (χ4n) is 1.66. The summed E-state index contributed by atoms with van der Waals surface area (Å²) in [7, 11) is -3.16. The summed E-state index contributed by atoms with van der Waals surface area (Å²) in [5.41, 5.74) is 7.31. The average molecular weight is 256 g/mol. The summed E-state index contributed by atoms with van der Waals surface area (Å²) in [4.78, 5) is 0. The fraction of sp³-hybridized carbons (Fsp3) is 0.500. The van der Waals surface area contributed by atoms with Gasteiger partial charge >= 0.3 is 0 Å². The van der Waals surface area contributed by atoms with E-state index in [1.54, 1.807) is 6.07 Å². The largest absolute Gasteiger partial charge is 0.398 e. The minimum Gasteiger partial charge on any atom is -0.398 e. The predicted octanol–water partition coefficient (Wildman–Crippen LogP) is 1.83. The summed E-state index contributed by atoms with van der Waals surface area (Å²) in [6, 6.07) is 7.36. The van der Waals surface area contributed by atoms with E-state index in [9.17, 15) is 8.42 Å². The van der Waals surface area contributed by atoms with Crippen LogP contribution in [0.5, 0.6) is 0 Å². The summed E-state index contributed by atoms with van der Waals surface area (Å²) in [6.07, 6.45) is 0.628. The molecular weight excluding hydrogens is 236 g/mol. The molecule has 5 heteroatoms. The van der Waals surface area contributed by atoms with Gasteiger partial charge in [-0.15, -0.1) is 0 Å².